The molecule has 1 heterocycles. The van der Waals surface area contributed by atoms with Gasteiger partial charge in [-0.3, -0.25) is 0 Å². The van der Waals surface area contributed by atoms with Crippen LogP contribution in [-0.2, 0) is 4.74 Å². The number of ether oxygens (including phenoxy) is 1. The first-order chi connectivity index (χ1) is 12.6. The minimum absolute atomic E-state index is 0.0769. The molecule has 132 valence electrons. The van der Waals surface area contributed by atoms with Crippen molar-refractivity contribution < 1.29 is 14.6 Å². The van der Waals surface area contributed by atoms with E-state index in [1.54, 1.807) is 24.4 Å². The van der Waals surface area contributed by atoms with Gasteiger partial charge in [0.2, 0.25) is 5.95 Å². The SMILES string of the molecule is COC(=O)c1ccc(Nc2nccc(Nc3ccccc3Cl)n2)cc1O. The highest BCUT2D eigenvalue weighted by Gasteiger charge is 2.12. The first-order valence-corrected chi connectivity index (χ1v) is 7.97. The molecule has 0 saturated heterocycles. The van der Waals surface area contributed by atoms with Crippen LogP contribution in [0.3, 0.4) is 0 Å². The zero-order valence-electron chi connectivity index (χ0n) is 13.7. The van der Waals surface area contributed by atoms with E-state index in [1.807, 2.05) is 18.2 Å². The van der Waals surface area contributed by atoms with Gasteiger partial charge in [-0.2, -0.15) is 4.98 Å². The van der Waals surface area contributed by atoms with Gasteiger partial charge in [0, 0.05) is 18.0 Å². The minimum Gasteiger partial charge on any atom is -0.507 e. The maximum absolute atomic E-state index is 11.5. The van der Waals surface area contributed by atoms with Gasteiger partial charge in [-0.1, -0.05) is 23.7 Å². The molecule has 3 rings (SSSR count). The number of aromatic hydroxyl groups is 1. The second-order valence-corrected chi connectivity index (χ2v) is 5.63. The lowest BCUT2D eigenvalue weighted by Gasteiger charge is -2.10. The molecular weight excluding hydrogens is 356 g/mol. The van der Waals surface area contributed by atoms with Gasteiger partial charge in [-0.05, 0) is 30.3 Å². The predicted octanol–water partition coefficient (Wildman–Crippen LogP) is 4.11. The van der Waals surface area contributed by atoms with Crippen LogP contribution >= 0.6 is 11.6 Å². The summed E-state index contributed by atoms with van der Waals surface area (Å²) in [5, 5.41) is 16.6. The largest absolute Gasteiger partial charge is 0.507 e. The third-order valence-corrected chi connectivity index (χ3v) is 3.78. The fourth-order valence-corrected chi connectivity index (χ4v) is 2.39. The zero-order chi connectivity index (χ0) is 18.5. The Bertz CT molecular complexity index is 949. The van der Waals surface area contributed by atoms with Crippen LogP contribution in [0.5, 0.6) is 5.75 Å². The average Bonchev–Trinajstić information content (AvgIpc) is 2.63. The van der Waals surface area contributed by atoms with Gasteiger partial charge >= 0.3 is 5.97 Å². The Kier molecular flexibility index (Phi) is 5.19. The second kappa shape index (κ2) is 7.71. The summed E-state index contributed by atoms with van der Waals surface area (Å²) in [6.07, 6.45) is 1.58. The molecular formula is C18H15ClN4O3. The highest BCUT2D eigenvalue weighted by molar-refractivity contribution is 6.33. The number of nitrogens with zero attached hydrogens (tertiary/aromatic N) is 2. The van der Waals surface area contributed by atoms with Crippen molar-refractivity contribution in [2.75, 3.05) is 17.7 Å². The summed E-state index contributed by atoms with van der Waals surface area (Å²) < 4.78 is 4.59. The molecule has 0 spiro atoms. The summed E-state index contributed by atoms with van der Waals surface area (Å²) in [4.78, 5) is 20.0. The Morgan fingerprint density at radius 3 is 2.69 bits per heavy atom. The Morgan fingerprint density at radius 1 is 1.15 bits per heavy atom. The van der Waals surface area contributed by atoms with Gasteiger partial charge in [-0.25, -0.2) is 9.78 Å². The van der Waals surface area contributed by atoms with Crippen molar-refractivity contribution in [3.63, 3.8) is 0 Å². The first-order valence-electron chi connectivity index (χ1n) is 7.60. The quantitative estimate of drug-likeness (QED) is 0.581. The standard InChI is InChI=1S/C18H15ClN4O3/c1-26-17(25)12-7-6-11(10-15(12)24)21-18-20-9-8-16(23-18)22-14-5-3-2-4-13(14)19/h2-10,24H,1H3,(H2,20,21,22,23). The summed E-state index contributed by atoms with van der Waals surface area (Å²) in [5.41, 5.74) is 1.32. The minimum atomic E-state index is -0.615. The predicted molar refractivity (Wildman–Crippen MR) is 99.5 cm³/mol. The van der Waals surface area contributed by atoms with Crippen molar-refractivity contribution in [2.24, 2.45) is 0 Å². The van der Waals surface area contributed by atoms with Crippen molar-refractivity contribution in [1.29, 1.82) is 0 Å². The molecule has 8 heteroatoms. The Hall–Kier alpha value is -3.32. The molecule has 0 aliphatic heterocycles. The van der Waals surface area contributed by atoms with Crippen molar-refractivity contribution >= 4 is 40.7 Å². The summed E-state index contributed by atoms with van der Waals surface area (Å²) in [6, 6.07) is 13.5. The van der Waals surface area contributed by atoms with Crippen LogP contribution in [0.25, 0.3) is 0 Å². The molecule has 3 N–H and O–H groups in total. The first kappa shape index (κ1) is 17.5. The number of rotatable bonds is 5. The average molecular weight is 371 g/mol. The highest BCUT2D eigenvalue weighted by Crippen LogP contribution is 2.26. The number of aromatic nitrogens is 2. The van der Waals surface area contributed by atoms with Crippen LogP contribution in [0, 0.1) is 0 Å². The number of anilines is 4. The number of carbonyl (C=O) groups is 1. The van der Waals surface area contributed by atoms with Crippen molar-refractivity contribution in [3.05, 3.63) is 65.3 Å². The molecule has 7 nitrogen and oxygen atoms in total. The fraction of sp³-hybridized carbons (Fsp3) is 0.0556. The molecule has 0 aliphatic rings. The van der Waals surface area contributed by atoms with Crippen molar-refractivity contribution in [3.8, 4) is 5.75 Å². The molecule has 0 saturated carbocycles. The Labute approximate surface area is 154 Å². The van der Waals surface area contributed by atoms with E-state index in [4.69, 9.17) is 11.6 Å². The molecule has 0 radical (unpaired) electrons. The monoisotopic (exact) mass is 370 g/mol. The second-order valence-electron chi connectivity index (χ2n) is 5.22. The van der Waals surface area contributed by atoms with E-state index >= 15 is 0 Å². The number of hydrogen-bond acceptors (Lipinski definition) is 7. The van der Waals surface area contributed by atoms with E-state index in [2.05, 4.69) is 25.3 Å². The van der Waals surface area contributed by atoms with Crippen LogP contribution in [0.4, 0.5) is 23.1 Å². The number of hydrogen-bond donors (Lipinski definition) is 3. The van der Waals surface area contributed by atoms with Crippen LogP contribution in [-0.4, -0.2) is 28.2 Å². The van der Waals surface area contributed by atoms with Crippen molar-refractivity contribution in [2.45, 2.75) is 0 Å². The number of nitrogens with one attached hydrogen (secondary N) is 2. The van der Waals surface area contributed by atoms with Gasteiger partial charge < -0.3 is 20.5 Å². The normalized spacial score (nSPS) is 10.2. The van der Waals surface area contributed by atoms with Crippen LogP contribution in [0.15, 0.2) is 54.7 Å². The fourth-order valence-electron chi connectivity index (χ4n) is 2.21. The number of phenols is 1. The number of phenolic OH excluding ortho intramolecular Hbond substituents is 1. The zero-order valence-corrected chi connectivity index (χ0v) is 14.5. The Balaban J connectivity index is 1.78. The molecule has 3 aromatic rings. The third-order valence-electron chi connectivity index (χ3n) is 3.45. The van der Waals surface area contributed by atoms with Gasteiger partial charge in [0.05, 0.1) is 17.8 Å². The summed E-state index contributed by atoms with van der Waals surface area (Å²) in [5.74, 6) is 0.0432. The topological polar surface area (TPSA) is 96.4 Å². The molecule has 0 fully saturated rings. The van der Waals surface area contributed by atoms with E-state index in [0.717, 1.165) is 5.69 Å². The van der Waals surface area contributed by atoms with Crippen LogP contribution in [0.2, 0.25) is 5.02 Å². The van der Waals surface area contributed by atoms with Crippen LogP contribution < -0.4 is 10.6 Å². The lowest BCUT2D eigenvalue weighted by atomic mass is 10.2. The smallest absolute Gasteiger partial charge is 0.341 e. The molecule has 0 aliphatic carbocycles. The van der Waals surface area contributed by atoms with E-state index < -0.39 is 5.97 Å². The maximum atomic E-state index is 11.5. The number of halogens is 1. The van der Waals surface area contributed by atoms with Crippen molar-refractivity contribution in [1.82, 2.24) is 9.97 Å². The van der Waals surface area contributed by atoms with E-state index in [1.165, 1.54) is 19.2 Å². The summed E-state index contributed by atoms with van der Waals surface area (Å²) >= 11 is 6.13. The van der Waals surface area contributed by atoms with E-state index in [9.17, 15) is 9.90 Å². The van der Waals surface area contributed by atoms with Gasteiger partial charge in [0.15, 0.2) is 0 Å². The number of methoxy groups -OCH3 is 1. The lowest BCUT2D eigenvalue weighted by molar-refractivity contribution is 0.0597. The van der Waals surface area contributed by atoms with Crippen LogP contribution in [0.1, 0.15) is 10.4 Å². The molecule has 0 bridgehead atoms. The molecule has 1 aromatic heterocycles. The van der Waals surface area contributed by atoms with E-state index in [-0.39, 0.29) is 11.3 Å². The lowest BCUT2D eigenvalue weighted by Crippen LogP contribution is -2.03. The number of para-hydroxylation sites is 1. The van der Waals surface area contributed by atoms with Gasteiger partial charge in [0.25, 0.3) is 0 Å². The molecule has 2 aromatic carbocycles. The number of benzene rings is 2. The summed E-state index contributed by atoms with van der Waals surface area (Å²) in [6.45, 7) is 0. The summed E-state index contributed by atoms with van der Waals surface area (Å²) in [7, 11) is 1.25. The number of carbonyl (C=O) groups excluding carboxylic acids is 1. The van der Waals surface area contributed by atoms with Gasteiger partial charge in [0.1, 0.15) is 17.1 Å². The Morgan fingerprint density at radius 2 is 1.96 bits per heavy atom. The highest BCUT2D eigenvalue weighted by atomic mass is 35.5. The number of esters is 1. The molecule has 26 heavy (non-hydrogen) atoms. The third kappa shape index (κ3) is 4.01. The van der Waals surface area contributed by atoms with E-state index in [0.29, 0.717) is 22.5 Å². The van der Waals surface area contributed by atoms with Gasteiger partial charge in [-0.15, -0.1) is 0 Å². The molecule has 0 atom stereocenters. The molecule has 0 unspecified atom stereocenters. The molecule has 0 amide bonds. The maximum Gasteiger partial charge on any atom is 0.341 e.